The molecule has 2 heterocycles. The fourth-order valence-electron chi connectivity index (χ4n) is 2.63. The summed E-state index contributed by atoms with van der Waals surface area (Å²) in [7, 11) is -3.82. The molecule has 0 spiro atoms. The second-order valence-corrected chi connectivity index (χ2v) is 8.35. The van der Waals surface area contributed by atoms with E-state index in [0.717, 1.165) is 6.07 Å². The standard InChI is InChI=1S/C16H14Cl2FN3O3S/c17-13-4-5-14(18)20-15(13)16(23)21-6-8-22(9-7-21)26(24,25)12-3-1-2-11(19)10-12/h1-5,10H,6-9H2. The van der Waals surface area contributed by atoms with Crippen LogP contribution in [0.15, 0.2) is 41.3 Å². The quantitative estimate of drug-likeness (QED) is 0.719. The summed E-state index contributed by atoms with van der Waals surface area (Å²) in [5.74, 6) is -1.04. The van der Waals surface area contributed by atoms with E-state index in [1.807, 2.05) is 0 Å². The van der Waals surface area contributed by atoms with Gasteiger partial charge in [0, 0.05) is 26.2 Å². The summed E-state index contributed by atoms with van der Waals surface area (Å²) in [4.78, 5) is 17.8. The van der Waals surface area contributed by atoms with Gasteiger partial charge in [-0.1, -0.05) is 29.3 Å². The van der Waals surface area contributed by atoms with E-state index in [2.05, 4.69) is 4.98 Å². The molecule has 26 heavy (non-hydrogen) atoms. The highest BCUT2D eigenvalue weighted by Gasteiger charge is 2.31. The van der Waals surface area contributed by atoms with Crippen molar-refractivity contribution in [3.8, 4) is 0 Å². The summed E-state index contributed by atoms with van der Waals surface area (Å²) in [6.45, 7) is 0.501. The van der Waals surface area contributed by atoms with Gasteiger partial charge >= 0.3 is 0 Å². The largest absolute Gasteiger partial charge is 0.335 e. The molecule has 1 aromatic heterocycles. The van der Waals surface area contributed by atoms with Crippen LogP contribution in [-0.4, -0.2) is 54.7 Å². The molecule has 0 unspecified atom stereocenters. The van der Waals surface area contributed by atoms with Crippen molar-refractivity contribution in [1.82, 2.24) is 14.2 Å². The number of benzene rings is 1. The lowest BCUT2D eigenvalue weighted by Crippen LogP contribution is -2.50. The lowest BCUT2D eigenvalue weighted by molar-refractivity contribution is 0.0692. The van der Waals surface area contributed by atoms with Gasteiger partial charge in [-0.15, -0.1) is 0 Å². The fourth-order valence-corrected chi connectivity index (χ4v) is 4.41. The minimum Gasteiger partial charge on any atom is -0.335 e. The minimum atomic E-state index is -3.82. The third-order valence-electron chi connectivity index (χ3n) is 3.97. The zero-order chi connectivity index (χ0) is 18.9. The summed E-state index contributed by atoms with van der Waals surface area (Å²) in [6.07, 6.45) is 0. The molecule has 1 amide bonds. The predicted molar refractivity (Wildman–Crippen MR) is 95.3 cm³/mol. The molecule has 1 aliphatic heterocycles. The number of aromatic nitrogens is 1. The van der Waals surface area contributed by atoms with E-state index in [1.165, 1.54) is 39.5 Å². The number of amides is 1. The van der Waals surface area contributed by atoms with Gasteiger partial charge in [0.2, 0.25) is 10.0 Å². The third-order valence-corrected chi connectivity index (χ3v) is 6.38. The Bertz CT molecular complexity index is 948. The highest BCUT2D eigenvalue weighted by molar-refractivity contribution is 7.89. The van der Waals surface area contributed by atoms with Crippen LogP contribution in [-0.2, 0) is 10.0 Å². The maximum Gasteiger partial charge on any atom is 0.274 e. The SMILES string of the molecule is O=C(c1nc(Cl)ccc1Cl)N1CCN(S(=O)(=O)c2cccc(F)c2)CC1. The van der Waals surface area contributed by atoms with Crippen LogP contribution in [0.4, 0.5) is 4.39 Å². The van der Waals surface area contributed by atoms with Crippen LogP contribution >= 0.6 is 23.2 Å². The lowest BCUT2D eigenvalue weighted by Gasteiger charge is -2.34. The van der Waals surface area contributed by atoms with E-state index in [9.17, 15) is 17.6 Å². The molecule has 3 rings (SSSR count). The predicted octanol–water partition coefficient (Wildman–Crippen LogP) is 2.67. The van der Waals surface area contributed by atoms with Crippen molar-refractivity contribution in [2.75, 3.05) is 26.2 Å². The Hall–Kier alpha value is -1.74. The fraction of sp³-hybridized carbons (Fsp3) is 0.250. The third kappa shape index (κ3) is 3.83. The summed E-state index contributed by atoms with van der Waals surface area (Å²) in [5, 5.41) is 0.319. The molecule has 0 N–H and O–H groups in total. The van der Waals surface area contributed by atoms with Crippen molar-refractivity contribution in [3.05, 3.63) is 58.1 Å². The molecule has 10 heteroatoms. The summed E-state index contributed by atoms with van der Waals surface area (Å²) in [6, 6.07) is 7.79. The molecule has 2 aromatic rings. The van der Waals surface area contributed by atoms with Crippen molar-refractivity contribution in [3.63, 3.8) is 0 Å². The highest BCUT2D eigenvalue weighted by Crippen LogP contribution is 2.22. The maximum atomic E-state index is 13.3. The van der Waals surface area contributed by atoms with E-state index in [-0.39, 0.29) is 46.9 Å². The second-order valence-electron chi connectivity index (χ2n) is 5.62. The Labute approximate surface area is 160 Å². The van der Waals surface area contributed by atoms with E-state index >= 15 is 0 Å². The Morgan fingerprint density at radius 1 is 1.08 bits per heavy atom. The minimum absolute atomic E-state index is 0.0283. The number of hydrogen-bond donors (Lipinski definition) is 0. The molecule has 0 radical (unpaired) electrons. The molecule has 0 atom stereocenters. The van der Waals surface area contributed by atoms with Crippen molar-refractivity contribution in [2.24, 2.45) is 0 Å². The van der Waals surface area contributed by atoms with Gasteiger partial charge in [0.25, 0.3) is 5.91 Å². The van der Waals surface area contributed by atoms with Gasteiger partial charge in [0.05, 0.1) is 9.92 Å². The van der Waals surface area contributed by atoms with Crippen molar-refractivity contribution < 1.29 is 17.6 Å². The number of hydrogen-bond acceptors (Lipinski definition) is 4. The zero-order valence-electron chi connectivity index (χ0n) is 13.4. The Balaban J connectivity index is 1.73. The molecule has 1 aromatic carbocycles. The van der Waals surface area contributed by atoms with Crippen LogP contribution in [0, 0.1) is 5.82 Å². The van der Waals surface area contributed by atoms with E-state index in [4.69, 9.17) is 23.2 Å². The normalized spacial score (nSPS) is 15.9. The summed E-state index contributed by atoms with van der Waals surface area (Å²) < 4.78 is 39.7. The number of rotatable bonds is 3. The van der Waals surface area contributed by atoms with Crippen LogP contribution in [0.2, 0.25) is 10.2 Å². The average Bonchev–Trinajstić information content (AvgIpc) is 2.63. The van der Waals surface area contributed by atoms with E-state index in [1.54, 1.807) is 0 Å². The van der Waals surface area contributed by atoms with E-state index in [0.29, 0.717) is 0 Å². The van der Waals surface area contributed by atoms with Gasteiger partial charge in [0.15, 0.2) is 0 Å². The molecule has 1 fully saturated rings. The molecule has 6 nitrogen and oxygen atoms in total. The number of pyridine rings is 1. The van der Waals surface area contributed by atoms with Crippen LogP contribution in [0.25, 0.3) is 0 Å². The van der Waals surface area contributed by atoms with E-state index < -0.39 is 21.7 Å². The van der Waals surface area contributed by atoms with Gasteiger partial charge in [-0.25, -0.2) is 17.8 Å². The number of piperazine rings is 1. The van der Waals surface area contributed by atoms with Gasteiger partial charge in [0.1, 0.15) is 16.7 Å². The maximum absolute atomic E-state index is 13.3. The molecule has 0 saturated carbocycles. The smallest absolute Gasteiger partial charge is 0.274 e. The number of carbonyl (C=O) groups is 1. The molecular weight excluding hydrogens is 404 g/mol. The topological polar surface area (TPSA) is 70.6 Å². The molecule has 1 aliphatic rings. The van der Waals surface area contributed by atoms with Crippen molar-refractivity contribution >= 4 is 39.1 Å². The molecule has 0 bridgehead atoms. The first-order valence-electron chi connectivity index (χ1n) is 7.66. The van der Waals surface area contributed by atoms with Gasteiger partial charge in [-0.2, -0.15) is 4.31 Å². The number of carbonyl (C=O) groups excluding carboxylic acids is 1. The zero-order valence-corrected chi connectivity index (χ0v) is 15.7. The summed E-state index contributed by atoms with van der Waals surface area (Å²) in [5.41, 5.74) is 0.0283. The first kappa shape index (κ1) is 19.0. The number of halogens is 3. The van der Waals surface area contributed by atoms with Gasteiger partial charge < -0.3 is 4.90 Å². The first-order chi connectivity index (χ1) is 12.3. The second kappa shape index (κ2) is 7.48. The number of nitrogens with zero attached hydrogens (tertiary/aromatic N) is 3. The highest BCUT2D eigenvalue weighted by atomic mass is 35.5. The van der Waals surface area contributed by atoms with Crippen LogP contribution in [0.5, 0.6) is 0 Å². The molecule has 1 saturated heterocycles. The molecular formula is C16H14Cl2FN3O3S. The van der Waals surface area contributed by atoms with Crippen molar-refractivity contribution in [1.29, 1.82) is 0 Å². The van der Waals surface area contributed by atoms with Gasteiger partial charge in [-0.3, -0.25) is 4.79 Å². The lowest BCUT2D eigenvalue weighted by atomic mass is 10.3. The molecule has 138 valence electrons. The number of sulfonamides is 1. The Morgan fingerprint density at radius 3 is 2.42 bits per heavy atom. The van der Waals surface area contributed by atoms with Crippen LogP contribution < -0.4 is 0 Å². The van der Waals surface area contributed by atoms with Crippen LogP contribution in [0.1, 0.15) is 10.5 Å². The van der Waals surface area contributed by atoms with Crippen LogP contribution in [0.3, 0.4) is 0 Å². The summed E-state index contributed by atoms with van der Waals surface area (Å²) >= 11 is 11.8. The Morgan fingerprint density at radius 2 is 1.77 bits per heavy atom. The van der Waals surface area contributed by atoms with Gasteiger partial charge in [-0.05, 0) is 30.3 Å². The molecule has 0 aliphatic carbocycles. The first-order valence-corrected chi connectivity index (χ1v) is 9.85. The monoisotopic (exact) mass is 417 g/mol. The average molecular weight is 418 g/mol. The Kier molecular flexibility index (Phi) is 5.47. The van der Waals surface area contributed by atoms with Crippen molar-refractivity contribution in [2.45, 2.75) is 4.90 Å².